The van der Waals surface area contributed by atoms with Crippen molar-refractivity contribution in [1.82, 2.24) is 5.48 Å². The summed E-state index contributed by atoms with van der Waals surface area (Å²) in [4.78, 5) is 17.5. The van der Waals surface area contributed by atoms with Crippen LogP contribution in [0.2, 0.25) is 0 Å². The number of nitrogens with zero attached hydrogens (tertiary/aromatic N) is 1. The second kappa shape index (κ2) is 10.6. The van der Waals surface area contributed by atoms with Gasteiger partial charge in [-0.15, -0.1) is 0 Å². The van der Waals surface area contributed by atoms with Crippen LogP contribution in [0.4, 0.5) is 0 Å². The number of carbonyl (C=O) groups excluding carboxylic acids is 1. The Morgan fingerprint density at radius 3 is 2.21 bits per heavy atom. The Morgan fingerprint density at radius 1 is 1.15 bits per heavy atom. The van der Waals surface area contributed by atoms with Gasteiger partial charge in [0.15, 0.2) is 0 Å². The van der Waals surface area contributed by atoms with Crippen LogP contribution in [-0.2, 0) is 26.9 Å². The van der Waals surface area contributed by atoms with Crippen molar-refractivity contribution in [2.45, 2.75) is 56.2 Å². The number of rotatable bonds is 9. The summed E-state index contributed by atoms with van der Waals surface area (Å²) in [6.45, 7) is 3.10. The van der Waals surface area contributed by atoms with Gasteiger partial charge < -0.3 is 15.1 Å². The van der Waals surface area contributed by atoms with Gasteiger partial charge in [0.05, 0.1) is 17.9 Å². The SMILES string of the molecule is CC(O)C(O)Cc1ccc(-c2ccc(C3=NOC(C[C@](C)(C(=O)NO)S(C)=O)C3)cc2)cc1. The number of hydrogen-bond donors (Lipinski definition) is 4. The molecule has 4 unspecified atom stereocenters. The average Bonchev–Trinajstić information content (AvgIpc) is 3.27. The summed E-state index contributed by atoms with van der Waals surface area (Å²) < 4.78 is 10.8. The predicted octanol–water partition coefficient (Wildman–Crippen LogP) is 2.16. The van der Waals surface area contributed by atoms with Gasteiger partial charge in [-0.3, -0.25) is 14.2 Å². The van der Waals surface area contributed by atoms with Gasteiger partial charge in [-0.2, -0.15) is 0 Å². The van der Waals surface area contributed by atoms with Crippen LogP contribution < -0.4 is 5.48 Å². The summed E-state index contributed by atoms with van der Waals surface area (Å²) in [5.41, 5.74) is 6.22. The summed E-state index contributed by atoms with van der Waals surface area (Å²) in [5.74, 6) is -0.712. The van der Waals surface area contributed by atoms with Crippen molar-refractivity contribution in [1.29, 1.82) is 0 Å². The third-order valence-corrected chi connectivity index (χ3v) is 7.69. The van der Waals surface area contributed by atoms with E-state index < -0.39 is 39.8 Å². The van der Waals surface area contributed by atoms with Crippen molar-refractivity contribution in [2.24, 2.45) is 5.16 Å². The first-order valence-electron chi connectivity index (χ1n) is 10.7. The molecule has 0 radical (unpaired) electrons. The average molecular weight is 475 g/mol. The van der Waals surface area contributed by atoms with Crippen LogP contribution in [-0.4, -0.2) is 60.6 Å². The molecule has 3 rings (SSSR count). The van der Waals surface area contributed by atoms with Crippen LogP contribution in [0.5, 0.6) is 0 Å². The van der Waals surface area contributed by atoms with Gasteiger partial charge in [-0.05, 0) is 36.1 Å². The number of amides is 1. The Balaban J connectivity index is 1.64. The van der Waals surface area contributed by atoms with Crippen molar-refractivity contribution in [3.63, 3.8) is 0 Å². The van der Waals surface area contributed by atoms with E-state index in [1.807, 2.05) is 48.5 Å². The van der Waals surface area contributed by atoms with E-state index in [4.69, 9.17) is 10.0 Å². The zero-order valence-electron chi connectivity index (χ0n) is 18.9. The first-order chi connectivity index (χ1) is 15.6. The molecule has 33 heavy (non-hydrogen) atoms. The number of benzene rings is 2. The van der Waals surface area contributed by atoms with E-state index in [9.17, 15) is 19.2 Å². The van der Waals surface area contributed by atoms with Gasteiger partial charge in [-0.25, -0.2) is 5.48 Å². The lowest BCUT2D eigenvalue weighted by atomic mass is 9.95. The number of hydrogen-bond acceptors (Lipinski definition) is 7. The Hall–Kier alpha value is -2.59. The van der Waals surface area contributed by atoms with Crippen molar-refractivity contribution >= 4 is 22.4 Å². The molecule has 9 heteroatoms. The minimum absolute atomic E-state index is 0.156. The van der Waals surface area contributed by atoms with Crippen LogP contribution in [0.25, 0.3) is 11.1 Å². The highest BCUT2D eigenvalue weighted by Gasteiger charge is 2.42. The largest absolute Gasteiger partial charge is 0.392 e. The fourth-order valence-electron chi connectivity index (χ4n) is 3.70. The zero-order valence-corrected chi connectivity index (χ0v) is 19.7. The highest BCUT2D eigenvalue weighted by molar-refractivity contribution is 7.86. The van der Waals surface area contributed by atoms with Gasteiger partial charge >= 0.3 is 0 Å². The van der Waals surface area contributed by atoms with Crippen LogP contribution >= 0.6 is 0 Å². The minimum atomic E-state index is -1.51. The first-order valence-corrected chi connectivity index (χ1v) is 12.3. The third kappa shape index (κ3) is 5.86. The van der Waals surface area contributed by atoms with Crippen LogP contribution in [0.3, 0.4) is 0 Å². The van der Waals surface area contributed by atoms with Gasteiger partial charge in [0, 0.05) is 36.3 Å². The molecule has 8 nitrogen and oxygen atoms in total. The molecule has 1 heterocycles. The number of hydroxylamine groups is 1. The third-order valence-electron chi connectivity index (χ3n) is 6.07. The number of oxime groups is 1. The molecule has 0 bridgehead atoms. The molecular weight excluding hydrogens is 444 g/mol. The van der Waals surface area contributed by atoms with E-state index in [1.165, 1.54) is 13.2 Å². The van der Waals surface area contributed by atoms with Gasteiger partial charge in [-0.1, -0.05) is 53.7 Å². The molecule has 1 aliphatic rings. The lowest BCUT2D eigenvalue weighted by Crippen LogP contribution is -2.48. The molecule has 2 aromatic carbocycles. The van der Waals surface area contributed by atoms with Gasteiger partial charge in [0.1, 0.15) is 10.9 Å². The predicted molar refractivity (Wildman–Crippen MR) is 126 cm³/mol. The smallest absolute Gasteiger partial charge is 0.262 e. The van der Waals surface area contributed by atoms with E-state index in [-0.39, 0.29) is 6.42 Å². The number of nitrogens with one attached hydrogen (secondary N) is 1. The van der Waals surface area contributed by atoms with E-state index in [0.29, 0.717) is 12.8 Å². The number of carbonyl (C=O) groups is 1. The zero-order chi connectivity index (χ0) is 24.2. The van der Waals surface area contributed by atoms with Gasteiger partial charge in [0.2, 0.25) is 0 Å². The fourth-order valence-corrected chi connectivity index (χ4v) is 4.43. The summed E-state index contributed by atoms with van der Waals surface area (Å²) in [5, 5.41) is 32.4. The second-order valence-corrected chi connectivity index (χ2v) is 10.4. The van der Waals surface area contributed by atoms with E-state index in [1.54, 1.807) is 12.4 Å². The lowest BCUT2D eigenvalue weighted by Gasteiger charge is -2.26. The maximum Gasteiger partial charge on any atom is 0.262 e. The summed E-state index contributed by atoms with van der Waals surface area (Å²) in [6.07, 6.45) is 0.449. The summed E-state index contributed by atoms with van der Waals surface area (Å²) in [6, 6.07) is 15.7. The molecule has 0 spiro atoms. The maximum absolute atomic E-state index is 12.1. The molecule has 5 atom stereocenters. The monoisotopic (exact) mass is 474 g/mol. The van der Waals surface area contributed by atoms with Gasteiger partial charge in [0.25, 0.3) is 5.91 Å². The Kier molecular flexibility index (Phi) is 8.01. The molecule has 4 N–H and O–H groups in total. The molecule has 0 fully saturated rings. The maximum atomic E-state index is 12.1. The van der Waals surface area contributed by atoms with Crippen molar-refractivity contribution in [3.05, 3.63) is 59.7 Å². The summed E-state index contributed by atoms with van der Waals surface area (Å²) >= 11 is 0. The molecule has 2 aromatic rings. The van der Waals surface area contributed by atoms with Crippen molar-refractivity contribution in [2.75, 3.05) is 6.26 Å². The molecule has 1 amide bonds. The minimum Gasteiger partial charge on any atom is -0.392 e. The lowest BCUT2D eigenvalue weighted by molar-refractivity contribution is -0.132. The molecule has 1 aliphatic heterocycles. The van der Waals surface area contributed by atoms with Crippen molar-refractivity contribution in [3.8, 4) is 11.1 Å². The standard InChI is InChI=1S/C24H30N2O6S/c1-15(27)22(28)12-16-4-6-17(7-5-16)18-8-10-19(11-9-18)21-13-20(32-26-21)14-24(2,33(3)31)23(29)25-30/h4-11,15,20,22,27-28,30H,12-14H2,1-3H3,(H,25,29)/t15?,20?,22?,24-,33?/m1/s1. The van der Waals surface area contributed by atoms with Crippen LogP contribution in [0.15, 0.2) is 53.7 Å². The van der Waals surface area contributed by atoms with E-state index in [0.717, 1.165) is 28.0 Å². The Bertz CT molecular complexity index is 1020. The topological polar surface area (TPSA) is 128 Å². The molecule has 0 saturated carbocycles. The van der Waals surface area contributed by atoms with Crippen molar-refractivity contribution < 1.29 is 29.3 Å². The molecule has 0 saturated heterocycles. The number of aliphatic hydroxyl groups is 2. The Labute approximate surface area is 195 Å². The highest BCUT2D eigenvalue weighted by atomic mass is 32.2. The number of aliphatic hydroxyl groups excluding tert-OH is 2. The second-order valence-electron chi connectivity index (χ2n) is 8.59. The molecular formula is C24H30N2O6S. The van der Waals surface area contributed by atoms with E-state index in [2.05, 4.69) is 5.16 Å². The first kappa shape index (κ1) is 25.0. The molecule has 0 aromatic heterocycles. The molecule has 0 aliphatic carbocycles. The van der Waals surface area contributed by atoms with Crippen LogP contribution in [0.1, 0.15) is 37.8 Å². The highest BCUT2D eigenvalue weighted by Crippen LogP contribution is 2.29. The normalized spacial score (nSPS) is 20.2. The Morgan fingerprint density at radius 2 is 1.70 bits per heavy atom. The fraction of sp³-hybridized carbons (Fsp3) is 0.417. The molecule has 178 valence electrons. The van der Waals surface area contributed by atoms with E-state index >= 15 is 0 Å². The summed E-state index contributed by atoms with van der Waals surface area (Å²) in [7, 11) is -1.51. The quantitative estimate of drug-likeness (QED) is 0.326. The van der Waals surface area contributed by atoms with Crippen LogP contribution in [0, 0.1) is 0 Å².